The van der Waals surface area contributed by atoms with Gasteiger partial charge in [-0.15, -0.1) is 0 Å². The van der Waals surface area contributed by atoms with Crippen molar-refractivity contribution in [3.8, 4) is 0 Å². The van der Waals surface area contributed by atoms with Gasteiger partial charge in [0.1, 0.15) is 6.04 Å². The molecule has 3 atom stereocenters. The summed E-state index contributed by atoms with van der Waals surface area (Å²) in [5.41, 5.74) is 2.76. The van der Waals surface area contributed by atoms with Crippen LogP contribution in [0, 0.1) is 25.7 Å². The van der Waals surface area contributed by atoms with Gasteiger partial charge in [0.25, 0.3) is 5.91 Å². The second-order valence-corrected chi connectivity index (χ2v) is 7.67. The number of anilines is 1. The Morgan fingerprint density at radius 1 is 1.11 bits per heavy atom. The zero-order chi connectivity index (χ0) is 20.4. The molecule has 1 saturated carbocycles. The lowest BCUT2D eigenvalue weighted by Crippen LogP contribution is -2.45. The Kier molecular flexibility index (Phi) is 5.82. The summed E-state index contributed by atoms with van der Waals surface area (Å²) in [6.45, 7) is 4.91. The van der Waals surface area contributed by atoms with Crippen molar-refractivity contribution >= 4 is 29.4 Å². The highest BCUT2D eigenvalue weighted by Crippen LogP contribution is 2.38. The molecule has 0 radical (unpaired) electrons. The largest absolute Gasteiger partial charge is 0.454 e. The molecule has 1 aromatic carbocycles. The minimum absolute atomic E-state index is 0.293. The molecular formula is C21H26N2O5. The number of ether oxygens (including phenoxy) is 1. The lowest BCUT2D eigenvalue weighted by atomic mass is 9.81. The van der Waals surface area contributed by atoms with Crippen LogP contribution in [-0.2, 0) is 23.9 Å². The summed E-state index contributed by atoms with van der Waals surface area (Å²) >= 11 is 0. The van der Waals surface area contributed by atoms with Crippen molar-refractivity contribution in [1.82, 2.24) is 4.90 Å². The van der Waals surface area contributed by atoms with E-state index >= 15 is 0 Å². The molecular weight excluding hydrogens is 360 g/mol. The third-order valence-electron chi connectivity index (χ3n) is 5.74. The van der Waals surface area contributed by atoms with Crippen molar-refractivity contribution in [1.29, 1.82) is 0 Å². The van der Waals surface area contributed by atoms with Crippen molar-refractivity contribution in [2.45, 2.75) is 52.5 Å². The molecule has 1 heterocycles. The molecule has 2 aliphatic rings. The minimum Gasteiger partial charge on any atom is -0.454 e. The SMILES string of the molecule is Cc1ccc(NC(=O)COC(=O)[C@H](C)N2C(=O)[C@@H]3CCCC[C@H]3C2=O)cc1C. The lowest BCUT2D eigenvalue weighted by molar-refractivity contribution is -0.159. The summed E-state index contributed by atoms with van der Waals surface area (Å²) in [6.07, 6.45) is 3.22. The average molecular weight is 386 g/mol. The molecule has 0 bridgehead atoms. The molecule has 0 spiro atoms. The summed E-state index contributed by atoms with van der Waals surface area (Å²) in [6, 6.07) is 4.47. The van der Waals surface area contributed by atoms with Gasteiger partial charge in [0.05, 0.1) is 11.8 Å². The maximum Gasteiger partial charge on any atom is 0.329 e. The topological polar surface area (TPSA) is 92.8 Å². The molecule has 1 aliphatic heterocycles. The van der Waals surface area contributed by atoms with Crippen molar-refractivity contribution in [2.75, 3.05) is 11.9 Å². The Labute approximate surface area is 164 Å². The molecule has 3 amide bonds. The van der Waals surface area contributed by atoms with E-state index in [9.17, 15) is 19.2 Å². The first-order valence-corrected chi connectivity index (χ1v) is 9.70. The van der Waals surface area contributed by atoms with Gasteiger partial charge in [-0.05, 0) is 56.9 Å². The second-order valence-electron chi connectivity index (χ2n) is 7.67. The van der Waals surface area contributed by atoms with Gasteiger partial charge in [-0.1, -0.05) is 18.9 Å². The van der Waals surface area contributed by atoms with E-state index < -0.39 is 24.5 Å². The smallest absolute Gasteiger partial charge is 0.329 e. The van der Waals surface area contributed by atoms with E-state index in [1.807, 2.05) is 26.0 Å². The molecule has 150 valence electrons. The quantitative estimate of drug-likeness (QED) is 0.619. The number of likely N-dealkylation sites (tertiary alicyclic amines) is 1. The fourth-order valence-electron chi connectivity index (χ4n) is 3.95. The zero-order valence-electron chi connectivity index (χ0n) is 16.5. The van der Waals surface area contributed by atoms with Crippen LogP contribution in [0.2, 0.25) is 0 Å². The summed E-state index contributed by atoms with van der Waals surface area (Å²) in [7, 11) is 0. The summed E-state index contributed by atoms with van der Waals surface area (Å²) in [5, 5.41) is 2.67. The molecule has 1 N–H and O–H groups in total. The summed E-state index contributed by atoms with van der Waals surface area (Å²) in [5.74, 6) is -2.45. The number of hydrogen-bond donors (Lipinski definition) is 1. The van der Waals surface area contributed by atoms with Gasteiger partial charge in [0, 0.05) is 5.69 Å². The highest BCUT2D eigenvalue weighted by atomic mass is 16.5. The van der Waals surface area contributed by atoms with Gasteiger partial charge < -0.3 is 10.1 Å². The Bertz CT molecular complexity index is 795. The van der Waals surface area contributed by atoms with Gasteiger partial charge in [-0.3, -0.25) is 19.3 Å². The molecule has 1 aromatic rings. The van der Waals surface area contributed by atoms with Crippen molar-refractivity contribution in [3.63, 3.8) is 0 Å². The summed E-state index contributed by atoms with van der Waals surface area (Å²) < 4.78 is 5.06. The van der Waals surface area contributed by atoms with Gasteiger partial charge in [0.15, 0.2) is 6.61 Å². The fourth-order valence-corrected chi connectivity index (χ4v) is 3.95. The van der Waals surface area contributed by atoms with Gasteiger partial charge in [-0.25, -0.2) is 4.79 Å². The third kappa shape index (κ3) is 3.93. The molecule has 7 heteroatoms. The maximum atomic E-state index is 12.6. The number of amides is 3. The Morgan fingerprint density at radius 2 is 1.71 bits per heavy atom. The normalized spacial score (nSPS) is 22.6. The first-order valence-electron chi connectivity index (χ1n) is 9.70. The van der Waals surface area contributed by atoms with E-state index in [0.29, 0.717) is 18.5 Å². The highest BCUT2D eigenvalue weighted by Gasteiger charge is 2.51. The number of aryl methyl sites for hydroxylation is 2. The fraction of sp³-hybridized carbons (Fsp3) is 0.524. The molecule has 7 nitrogen and oxygen atoms in total. The molecule has 28 heavy (non-hydrogen) atoms. The highest BCUT2D eigenvalue weighted by molar-refractivity contribution is 6.08. The van der Waals surface area contributed by atoms with Crippen molar-refractivity contribution in [3.05, 3.63) is 29.3 Å². The summed E-state index contributed by atoms with van der Waals surface area (Å²) in [4.78, 5) is 50.5. The molecule has 3 rings (SSSR count). The first kappa shape index (κ1) is 20.0. The first-order chi connectivity index (χ1) is 13.3. The Morgan fingerprint density at radius 3 is 2.29 bits per heavy atom. The average Bonchev–Trinajstić information content (AvgIpc) is 2.93. The predicted molar refractivity (Wildman–Crippen MR) is 102 cm³/mol. The maximum absolute atomic E-state index is 12.6. The number of carbonyl (C=O) groups is 4. The Balaban J connectivity index is 1.55. The van der Waals surface area contributed by atoms with Crippen LogP contribution < -0.4 is 5.32 Å². The number of imide groups is 1. The van der Waals surface area contributed by atoms with Gasteiger partial charge in [0.2, 0.25) is 11.8 Å². The van der Waals surface area contributed by atoms with Crippen LogP contribution >= 0.6 is 0 Å². The van der Waals surface area contributed by atoms with E-state index in [-0.39, 0.29) is 23.7 Å². The number of esters is 1. The number of nitrogens with zero attached hydrogens (tertiary/aromatic N) is 1. The van der Waals surface area contributed by atoms with E-state index in [0.717, 1.165) is 28.9 Å². The van der Waals surface area contributed by atoms with Crippen LogP contribution in [0.1, 0.15) is 43.7 Å². The predicted octanol–water partition coefficient (Wildman–Crippen LogP) is 2.35. The second kappa shape index (κ2) is 8.12. The van der Waals surface area contributed by atoms with Crippen LogP contribution in [0.5, 0.6) is 0 Å². The Hall–Kier alpha value is -2.70. The van der Waals surface area contributed by atoms with E-state index in [1.165, 1.54) is 6.92 Å². The van der Waals surface area contributed by atoms with E-state index in [4.69, 9.17) is 4.74 Å². The van der Waals surface area contributed by atoms with E-state index in [1.54, 1.807) is 6.07 Å². The minimum atomic E-state index is -1.03. The number of benzene rings is 1. The molecule has 0 aromatic heterocycles. The van der Waals surface area contributed by atoms with Crippen LogP contribution in [0.4, 0.5) is 5.69 Å². The van der Waals surface area contributed by atoms with Crippen LogP contribution in [-0.4, -0.2) is 41.2 Å². The number of nitrogens with one attached hydrogen (secondary N) is 1. The number of hydrogen-bond acceptors (Lipinski definition) is 5. The van der Waals surface area contributed by atoms with Gasteiger partial charge >= 0.3 is 5.97 Å². The number of fused-ring (bicyclic) bond motifs is 1. The number of rotatable bonds is 5. The lowest BCUT2D eigenvalue weighted by Gasteiger charge is -2.21. The van der Waals surface area contributed by atoms with Crippen LogP contribution in [0.3, 0.4) is 0 Å². The standard InChI is InChI=1S/C21H26N2O5/c1-12-8-9-15(10-13(12)2)22-18(24)11-28-21(27)14(3)23-19(25)16-6-4-5-7-17(16)20(23)26/h8-10,14,16-17H,4-7,11H2,1-3H3,(H,22,24)/t14-,16+,17+/m0/s1. The molecule has 2 fully saturated rings. The van der Waals surface area contributed by atoms with Crippen LogP contribution in [0.15, 0.2) is 18.2 Å². The number of carbonyl (C=O) groups excluding carboxylic acids is 4. The third-order valence-corrected chi connectivity index (χ3v) is 5.74. The molecule has 1 saturated heterocycles. The molecule has 0 unspecified atom stereocenters. The molecule has 1 aliphatic carbocycles. The van der Waals surface area contributed by atoms with Gasteiger partial charge in [-0.2, -0.15) is 0 Å². The monoisotopic (exact) mass is 386 g/mol. The van der Waals surface area contributed by atoms with Crippen molar-refractivity contribution < 1.29 is 23.9 Å². The van der Waals surface area contributed by atoms with Crippen molar-refractivity contribution in [2.24, 2.45) is 11.8 Å². The zero-order valence-corrected chi connectivity index (χ0v) is 16.5. The van der Waals surface area contributed by atoms with E-state index in [2.05, 4.69) is 5.32 Å². The van der Waals surface area contributed by atoms with Crippen LogP contribution in [0.25, 0.3) is 0 Å².